The van der Waals surface area contributed by atoms with Crippen LogP contribution < -0.4 is 5.32 Å². The Morgan fingerprint density at radius 2 is 1.85 bits per heavy atom. The molecule has 0 bridgehead atoms. The van der Waals surface area contributed by atoms with Crippen LogP contribution in [-0.4, -0.2) is 49.9 Å². The number of hydrogen-bond donors (Lipinski definition) is 1. The minimum atomic E-state index is -3.55. The third-order valence-corrected chi connectivity index (χ3v) is 8.10. The smallest absolute Gasteiger partial charge is 0.250 e. The highest BCUT2D eigenvalue weighted by Gasteiger charge is 2.26. The summed E-state index contributed by atoms with van der Waals surface area (Å²) >= 11 is 13.3. The molecule has 3 aromatic rings. The molecule has 7 nitrogen and oxygen atoms in total. The summed E-state index contributed by atoms with van der Waals surface area (Å²) in [5.74, 6) is -0.353. The predicted octanol–water partition coefficient (Wildman–Crippen LogP) is 4.79. The number of carbonyl (C=O) groups excluding carboxylic acids is 1. The van der Waals surface area contributed by atoms with Gasteiger partial charge in [0.15, 0.2) is 5.13 Å². The van der Waals surface area contributed by atoms with E-state index < -0.39 is 10.0 Å². The number of carbonyl (C=O) groups is 1. The number of rotatable bonds is 6. The van der Waals surface area contributed by atoms with E-state index in [2.05, 4.69) is 10.3 Å². The molecule has 0 spiro atoms. The normalized spacial score (nSPS) is 15.1. The molecular weight excluding hydrogens is 505 g/mol. The summed E-state index contributed by atoms with van der Waals surface area (Å²) in [4.78, 5) is 16.9. The number of thiazole rings is 1. The maximum Gasteiger partial charge on any atom is 0.250 e. The van der Waals surface area contributed by atoms with Gasteiger partial charge in [-0.1, -0.05) is 41.4 Å². The SMILES string of the molecule is O=C(/C=C/c1ccc(Cl)cc1Cl)Nc1nc(-c2ccc(S(=O)(=O)N3CCOCC3)cc2)cs1. The van der Waals surface area contributed by atoms with Gasteiger partial charge in [-0.3, -0.25) is 10.1 Å². The van der Waals surface area contributed by atoms with Crippen LogP contribution in [0.1, 0.15) is 5.56 Å². The van der Waals surface area contributed by atoms with Crippen molar-refractivity contribution in [1.82, 2.24) is 9.29 Å². The summed E-state index contributed by atoms with van der Waals surface area (Å²) < 4.78 is 32.2. The lowest BCUT2D eigenvalue weighted by atomic mass is 10.2. The molecule has 0 atom stereocenters. The number of halogens is 2. The Hall–Kier alpha value is -2.27. The van der Waals surface area contributed by atoms with Gasteiger partial charge in [-0.2, -0.15) is 4.31 Å². The molecule has 0 aliphatic carbocycles. The molecule has 1 aliphatic rings. The van der Waals surface area contributed by atoms with Crippen LogP contribution in [0.2, 0.25) is 10.0 Å². The predicted molar refractivity (Wildman–Crippen MR) is 131 cm³/mol. The minimum Gasteiger partial charge on any atom is -0.379 e. The maximum absolute atomic E-state index is 12.8. The van der Waals surface area contributed by atoms with E-state index in [0.29, 0.717) is 52.7 Å². The molecule has 11 heteroatoms. The Bertz CT molecular complexity index is 1290. The standard InChI is InChI=1S/C22H19Cl2N3O4S2/c23-17-5-1-15(19(24)13-17)4-8-21(28)26-22-25-20(14-32-22)16-2-6-18(7-3-16)33(29,30)27-9-11-31-12-10-27/h1-8,13-14H,9-12H2,(H,25,26,28)/b8-4+. The number of benzene rings is 2. The van der Waals surface area contributed by atoms with E-state index in [1.54, 1.807) is 53.9 Å². The van der Waals surface area contributed by atoms with E-state index in [1.165, 1.54) is 21.7 Å². The van der Waals surface area contributed by atoms with Gasteiger partial charge in [0.2, 0.25) is 15.9 Å². The Kier molecular flexibility index (Phi) is 7.48. The number of aromatic nitrogens is 1. The molecule has 1 saturated heterocycles. The zero-order chi connectivity index (χ0) is 23.4. The average molecular weight is 524 g/mol. The van der Waals surface area contributed by atoms with Gasteiger partial charge in [0, 0.05) is 40.2 Å². The first-order valence-corrected chi connectivity index (χ1v) is 13.0. The van der Waals surface area contributed by atoms with Crippen LogP contribution in [0.3, 0.4) is 0 Å². The van der Waals surface area contributed by atoms with Crippen LogP contribution in [0.5, 0.6) is 0 Å². The largest absolute Gasteiger partial charge is 0.379 e. The molecular formula is C22H19Cl2N3O4S2. The fourth-order valence-corrected chi connectivity index (χ4v) is 5.75. The van der Waals surface area contributed by atoms with Gasteiger partial charge in [-0.15, -0.1) is 11.3 Å². The van der Waals surface area contributed by atoms with Crippen LogP contribution >= 0.6 is 34.5 Å². The summed E-state index contributed by atoms with van der Waals surface area (Å²) in [5.41, 5.74) is 2.05. The number of nitrogens with one attached hydrogen (secondary N) is 1. The Morgan fingerprint density at radius 3 is 2.55 bits per heavy atom. The highest BCUT2D eigenvalue weighted by atomic mass is 35.5. The molecule has 1 aliphatic heterocycles. The molecule has 0 unspecified atom stereocenters. The zero-order valence-electron chi connectivity index (χ0n) is 17.2. The Balaban J connectivity index is 1.41. The van der Waals surface area contributed by atoms with E-state index in [9.17, 15) is 13.2 Å². The second kappa shape index (κ2) is 10.3. The molecule has 172 valence electrons. The van der Waals surface area contributed by atoms with Crippen LogP contribution in [0, 0.1) is 0 Å². The van der Waals surface area contributed by atoms with Crippen molar-refractivity contribution in [2.24, 2.45) is 0 Å². The van der Waals surface area contributed by atoms with Crippen molar-refractivity contribution in [2.75, 3.05) is 31.6 Å². The minimum absolute atomic E-state index is 0.225. The van der Waals surface area contributed by atoms with Crippen LogP contribution in [0.4, 0.5) is 5.13 Å². The number of sulfonamides is 1. The zero-order valence-corrected chi connectivity index (χ0v) is 20.3. The Morgan fingerprint density at radius 1 is 1.12 bits per heavy atom. The lowest BCUT2D eigenvalue weighted by Crippen LogP contribution is -2.40. The van der Waals surface area contributed by atoms with Gasteiger partial charge >= 0.3 is 0 Å². The second-order valence-corrected chi connectivity index (χ2v) is 10.7. The van der Waals surface area contributed by atoms with Crippen molar-refractivity contribution in [3.8, 4) is 11.3 Å². The molecule has 2 aromatic carbocycles. The molecule has 1 N–H and O–H groups in total. The van der Waals surface area contributed by atoms with E-state index in [1.807, 2.05) is 0 Å². The lowest BCUT2D eigenvalue weighted by molar-refractivity contribution is -0.111. The molecule has 0 saturated carbocycles. The highest BCUT2D eigenvalue weighted by Crippen LogP contribution is 2.27. The topological polar surface area (TPSA) is 88.6 Å². The quantitative estimate of drug-likeness (QED) is 0.469. The number of anilines is 1. The van der Waals surface area contributed by atoms with Gasteiger partial charge in [0.1, 0.15) is 0 Å². The summed E-state index contributed by atoms with van der Waals surface area (Å²) in [6.45, 7) is 1.48. The highest BCUT2D eigenvalue weighted by molar-refractivity contribution is 7.89. The fraction of sp³-hybridized carbons (Fsp3) is 0.182. The molecule has 1 amide bonds. The van der Waals surface area contributed by atoms with E-state index in [-0.39, 0.29) is 10.8 Å². The number of morpholine rings is 1. The maximum atomic E-state index is 12.8. The van der Waals surface area contributed by atoms with E-state index >= 15 is 0 Å². The summed E-state index contributed by atoms with van der Waals surface area (Å²) in [6, 6.07) is 11.6. The van der Waals surface area contributed by atoms with Gasteiger partial charge in [-0.05, 0) is 35.9 Å². The van der Waals surface area contributed by atoms with Gasteiger partial charge in [0.05, 0.1) is 23.8 Å². The third-order valence-electron chi connectivity index (χ3n) is 4.87. The summed E-state index contributed by atoms with van der Waals surface area (Å²) in [7, 11) is -3.55. The van der Waals surface area contributed by atoms with Crippen molar-refractivity contribution >= 4 is 61.7 Å². The van der Waals surface area contributed by atoms with Gasteiger partial charge in [-0.25, -0.2) is 13.4 Å². The fourth-order valence-electron chi connectivity index (χ4n) is 3.15. The van der Waals surface area contributed by atoms with Crippen LogP contribution in [0.25, 0.3) is 17.3 Å². The van der Waals surface area contributed by atoms with Crippen molar-refractivity contribution in [1.29, 1.82) is 0 Å². The Labute approximate surface area is 205 Å². The lowest BCUT2D eigenvalue weighted by Gasteiger charge is -2.26. The first kappa shape index (κ1) is 23.9. The average Bonchev–Trinajstić information content (AvgIpc) is 3.27. The van der Waals surface area contributed by atoms with Crippen molar-refractivity contribution in [2.45, 2.75) is 4.90 Å². The number of amides is 1. The summed E-state index contributed by atoms with van der Waals surface area (Å²) in [6.07, 6.45) is 2.96. The number of ether oxygens (including phenoxy) is 1. The molecule has 4 rings (SSSR count). The molecule has 0 radical (unpaired) electrons. The molecule has 1 aromatic heterocycles. The number of nitrogens with zero attached hydrogens (tertiary/aromatic N) is 2. The first-order valence-electron chi connectivity index (χ1n) is 9.91. The second-order valence-electron chi connectivity index (χ2n) is 7.07. The van der Waals surface area contributed by atoms with Gasteiger partial charge < -0.3 is 4.74 Å². The third kappa shape index (κ3) is 5.81. The van der Waals surface area contributed by atoms with Gasteiger partial charge in [0.25, 0.3) is 0 Å². The van der Waals surface area contributed by atoms with Crippen molar-refractivity contribution in [3.05, 3.63) is 69.5 Å². The van der Waals surface area contributed by atoms with Crippen molar-refractivity contribution < 1.29 is 17.9 Å². The first-order chi connectivity index (χ1) is 15.8. The van der Waals surface area contributed by atoms with Crippen LogP contribution in [-0.2, 0) is 19.6 Å². The number of hydrogen-bond acceptors (Lipinski definition) is 6. The molecule has 1 fully saturated rings. The van der Waals surface area contributed by atoms with Crippen molar-refractivity contribution in [3.63, 3.8) is 0 Å². The van der Waals surface area contributed by atoms with E-state index in [4.69, 9.17) is 27.9 Å². The van der Waals surface area contributed by atoms with Crippen LogP contribution in [0.15, 0.2) is 58.8 Å². The van der Waals surface area contributed by atoms with E-state index in [0.717, 1.165) is 5.56 Å². The molecule has 33 heavy (non-hydrogen) atoms. The summed E-state index contributed by atoms with van der Waals surface area (Å²) in [5, 5.41) is 5.89. The molecule has 2 heterocycles. The monoisotopic (exact) mass is 523 g/mol.